The molecule has 0 spiro atoms. The molecule has 0 aromatic rings. The number of hydrogen-bond acceptors (Lipinski definition) is 3. The first kappa shape index (κ1) is 5.62. The molecule has 4 heteroatoms. The highest BCUT2D eigenvalue weighted by molar-refractivity contribution is 7.99. The van der Waals surface area contributed by atoms with E-state index >= 15 is 0 Å². The lowest BCUT2D eigenvalue weighted by molar-refractivity contribution is -0.138. The fraction of sp³-hybridized carbons (Fsp3) is 0.500. The van der Waals surface area contributed by atoms with Crippen molar-refractivity contribution in [1.82, 2.24) is 4.31 Å². The molecule has 0 aromatic heterocycles. The Morgan fingerprint density at radius 2 is 2.25 bits per heavy atom. The molecule has 0 radical (unpaired) electrons. The lowest BCUT2D eigenvalue weighted by Gasteiger charge is -1.99. The van der Waals surface area contributed by atoms with Crippen LogP contribution in [-0.2, 0) is 9.59 Å². The van der Waals surface area contributed by atoms with Crippen LogP contribution in [0.2, 0.25) is 0 Å². The monoisotopic (exact) mass is 131 g/mol. The van der Waals surface area contributed by atoms with Crippen LogP contribution >= 0.6 is 11.9 Å². The van der Waals surface area contributed by atoms with Crippen LogP contribution < -0.4 is 0 Å². The summed E-state index contributed by atoms with van der Waals surface area (Å²) >= 11 is 1.25. The highest BCUT2D eigenvalue weighted by atomic mass is 32.2. The van der Waals surface area contributed by atoms with Gasteiger partial charge in [-0.25, -0.2) is 0 Å². The SMILES string of the molecule is CN1SCC(=O)C1=O. The van der Waals surface area contributed by atoms with Crippen molar-refractivity contribution < 1.29 is 9.59 Å². The Kier molecular flexibility index (Phi) is 1.25. The predicted molar refractivity (Wildman–Crippen MR) is 30.2 cm³/mol. The summed E-state index contributed by atoms with van der Waals surface area (Å²) in [6.07, 6.45) is 0. The summed E-state index contributed by atoms with van der Waals surface area (Å²) in [5.41, 5.74) is 0. The van der Waals surface area contributed by atoms with Gasteiger partial charge in [-0.3, -0.25) is 13.9 Å². The molecule has 0 aromatic carbocycles. The van der Waals surface area contributed by atoms with Crippen LogP contribution in [0.3, 0.4) is 0 Å². The molecule has 0 atom stereocenters. The molecule has 8 heavy (non-hydrogen) atoms. The quantitative estimate of drug-likeness (QED) is 0.334. The topological polar surface area (TPSA) is 37.4 Å². The number of rotatable bonds is 0. The zero-order valence-corrected chi connectivity index (χ0v) is 5.20. The van der Waals surface area contributed by atoms with Gasteiger partial charge in [-0.1, -0.05) is 0 Å². The second kappa shape index (κ2) is 1.78. The normalized spacial score (nSPS) is 20.4. The Balaban J connectivity index is 2.71. The molecule has 0 bridgehead atoms. The Labute approximate surface area is 51.2 Å². The summed E-state index contributed by atoms with van der Waals surface area (Å²) in [5.74, 6) is -0.359. The number of ketones is 1. The average molecular weight is 131 g/mol. The van der Waals surface area contributed by atoms with Gasteiger partial charge in [-0.05, 0) is 11.9 Å². The van der Waals surface area contributed by atoms with Crippen molar-refractivity contribution in [2.75, 3.05) is 12.8 Å². The van der Waals surface area contributed by atoms with Crippen LogP contribution in [0.25, 0.3) is 0 Å². The van der Waals surface area contributed by atoms with E-state index in [0.29, 0.717) is 5.75 Å². The summed E-state index contributed by atoms with van der Waals surface area (Å²) < 4.78 is 1.35. The Bertz CT molecular complexity index is 145. The fourth-order valence-corrected chi connectivity index (χ4v) is 1.10. The van der Waals surface area contributed by atoms with Crippen LogP contribution in [0.1, 0.15) is 0 Å². The van der Waals surface area contributed by atoms with Crippen molar-refractivity contribution >= 4 is 23.6 Å². The van der Waals surface area contributed by atoms with E-state index in [0.717, 1.165) is 0 Å². The second-order valence-corrected chi connectivity index (χ2v) is 2.59. The molecule has 0 unspecified atom stereocenters. The zero-order chi connectivity index (χ0) is 6.15. The molecule has 0 saturated carbocycles. The fourth-order valence-electron chi connectivity index (χ4n) is 0.451. The van der Waals surface area contributed by atoms with E-state index in [1.165, 1.54) is 16.3 Å². The van der Waals surface area contributed by atoms with Gasteiger partial charge in [0, 0.05) is 7.05 Å². The number of hydrogen-bond donors (Lipinski definition) is 0. The maximum Gasteiger partial charge on any atom is 0.300 e. The molecule has 0 aliphatic carbocycles. The Hall–Kier alpha value is -0.510. The largest absolute Gasteiger partial charge is 0.300 e. The molecule has 44 valence electrons. The van der Waals surface area contributed by atoms with Crippen molar-refractivity contribution in [2.45, 2.75) is 0 Å². The van der Waals surface area contributed by atoms with Gasteiger partial charge < -0.3 is 0 Å². The summed E-state index contributed by atoms with van der Waals surface area (Å²) in [6, 6.07) is 0. The highest BCUT2D eigenvalue weighted by Gasteiger charge is 2.26. The number of amides is 1. The standard InChI is InChI=1S/C4H5NO2S/c1-5-4(7)3(6)2-8-5/h2H2,1H3. The number of likely N-dealkylation sites (N-methyl/N-ethyl adjacent to an activating group) is 1. The number of carbonyl (C=O) groups is 2. The molecule has 1 saturated heterocycles. The number of nitrogens with zero attached hydrogens (tertiary/aromatic N) is 1. The van der Waals surface area contributed by atoms with E-state index in [-0.39, 0.29) is 11.7 Å². The first-order valence-corrected chi connectivity index (χ1v) is 3.10. The smallest absolute Gasteiger partial charge is 0.288 e. The molecular formula is C4H5NO2S. The van der Waals surface area contributed by atoms with Crippen molar-refractivity contribution in [1.29, 1.82) is 0 Å². The van der Waals surface area contributed by atoms with Crippen LogP contribution in [0.15, 0.2) is 0 Å². The first-order chi connectivity index (χ1) is 3.72. The maximum absolute atomic E-state index is 10.5. The molecular weight excluding hydrogens is 126 g/mol. The lowest BCUT2D eigenvalue weighted by atomic mass is 10.4. The Morgan fingerprint density at radius 1 is 1.62 bits per heavy atom. The highest BCUT2D eigenvalue weighted by Crippen LogP contribution is 2.14. The minimum atomic E-state index is -0.380. The number of Topliss-reactive ketones (excluding diaryl/α,β-unsaturated/α-hetero) is 1. The van der Waals surface area contributed by atoms with E-state index < -0.39 is 0 Å². The first-order valence-electron chi connectivity index (χ1n) is 2.15. The van der Waals surface area contributed by atoms with Crippen molar-refractivity contribution in [2.24, 2.45) is 0 Å². The van der Waals surface area contributed by atoms with Crippen molar-refractivity contribution in [3.05, 3.63) is 0 Å². The zero-order valence-electron chi connectivity index (χ0n) is 4.38. The molecule has 1 aliphatic rings. The van der Waals surface area contributed by atoms with Crippen LogP contribution in [-0.4, -0.2) is 28.8 Å². The van der Waals surface area contributed by atoms with Gasteiger partial charge in [-0.15, -0.1) is 0 Å². The summed E-state index contributed by atoms with van der Waals surface area (Å²) in [6.45, 7) is 0. The van der Waals surface area contributed by atoms with E-state index in [9.17, 15) is 9.59 Å². The molecule has 0 N–H and O–H groups in total. The molecule has 1 aliphatic heterocycles. The molecule has 1 amide bonds. The third kappa shape index (κ3) is 0.709. The van der Waals surface area contributed by atoms with Gasteiger partial charge in [-0.2, -0.15) is 0 Å². The van der Waals surface area contributed by atoms with Crippen LogP contribution in [0, 0.1) is 0 Å². The summed E-state index contributed by atoms with van der Waals surface area (Å²) in [7, 11) is 1.60. The third-order valence-electron chi connectivity index (χ3n) is 0.914. The van der Waals surface area contributed by atoms with Crippen molar-refractivity contribution in [3.63, 3.8) is 0 Å². The van der Waals surface area contributed by atoms with E-state index in [1.807, 2.05) is 0 Å². The minimum Gasteiger partial charge on any atom is -0.288 e. The summed E-state index contributed by atoms with van der Waals surface area (Å²) in [5, 5.41) is 0. The van der Waals surface area contributed by atoms with Gasteiger partial charge in [0.1, 0.15) is 0 Å². The van der Waals surface area contributed by atoms with E-state index in [4.69, 9.17) is 0 Å². The van der Waals surface area contributed by atoms with Crippen LogP contribution in [0.5, 0.6) is 0 Å². The maximum atomic E-state index is 10.5. The van der Waals surface area contributed by atoms with Gasteiger partial charge >= 0.3 is 0 Å². The van der Waals surface area contributed by atoms with Gasteiger partial charge in [0.05, 0.1) is 5.75 Å². The van der Waals surface area contributed by atoms with Gasteiger partial charge in [0.15, 0.2) is 0 Å². The van der Waals surface area contributed by atoms with Gasteiger partial charge in [0.2, 0.25) is 5.78 Å². The van der Waals surface area contributed by atoms with Crippen molar-refractivity contribution in [3.8, 4) is 0 Å². The predicted octanol–water partition coefficient (Wildman–Crippen LogP) is -0.324. The molecule has 1 heterocycles. The molecule has 3 nitrogen and oxygen atoms in total. The summed E-state index contributed by atoms with van der Waals surface area (Å²) in [4.78, 5) is 20.8. The Morgan fingerprint density at radius 3 is 2.38 bits per heavy atom. The average Bonchev–Trinajstić information content (AvgIpc) is 1.98. The second-order valence-electron chi connectivity index (χ2n) is 1.50. The van der Waals surface area contributed by atoms with E-state index in [1.54, 1.807) is 7.05 Å². The number of carbonyl (C=O) groups excluding carboxylic acids is 2. The lowest BCUT2D eigenvalue weighted by Crippen LogP contribution is -2.19. The molecule has 1 rings (SSSR count). The molecule has 1 fully saturated rings. The van der Waals surface area contributed by atoms with Gasteiger partial charge in [0.25, 0.3) is 5.91 Å². The third-order valence-corrected chi connectivity index (χ3v) is 1.86. The van der Waals surface area contributed by atoms with E-state index in [2.05, 4.69) is 0 Å². The minimum absolute atomic E-state index is 0.294. The van der Waals surface area contributed by atoms with Crippen LogP contribution in [0.4, 0.5) is 0 Å².